The minimum atomic E-state index is -4.29. The molecular weight excluding hydrogens is 576 g/mol. The van der Waals surface area contributed by atoms with Gasteiger partial charge >= 0.3 is 16.1 Å². The van der Waals surface area contributed by atoms with Crippen LogP contribution in [0.15, 0.2) is 57.4 Å². The normalized spacial score (nSPS) is 15.6. The van der Waals surface area contributed by atoms with Crippen molar-refractivity contribution in [3.05, 3.63) is 48.0 Å². The summed E-state index contributed by atoms with van der Waals surface area (Å²) in [5.74, 6) is -0.433. The van der Waals surface area contributed by atoms with Crippen LogP contribution >= 0.6 is 12.4 Å². The molecule has 1 unspecified atom stereocenters. The number of nitrogens with two attached hydrogens (primary N) is 2. The minimum absolute atomic E-state index is 0. The molecule has 216 valence electrons. The van der Waals surface area contributed by atoms with Gasteiger partial charge in [0.25, 0.3) is 0 Å². The molecule has 0 spiro atoms. The molecule has 39 heavy (non-hydrogen) atoms. The van der Waals surface area contributed by atoms with Crippen molar-refractivity contribution in [2.75, 3.05) is 26.9 Å². The van der Waals surface area contributed by atoms with E-state index in [1.54, 1.807) is 13.0 Å². The zero-order valence-corrected chi connectivity index (χ0v) is 23.8. The highest BCUT2D eigenvalue weighted by Gasteiger charge is 2.40. The van der Waals surface area contributed by atoms with Crippen molar-refractivity contribution in [2.45, 2.75) is 42.0 Å². The maximum absolute atomic E-state index is 13.1. The predicted octanol–water partition coefficient (Wildman–Crippen LogP) is 1.48. The second-order valence-electron chi connectivity index (χ2n) is 8.34. The van der Waals surface area contributed by atoms with E-state index in [4.69, 9.17) is 30.0 Å². The second kappa shape index (κ2) is 13.7. The molecule has 4 N–H and O–H groups in total. The van der Waals surface area contributed by atoms with Gasteiger partial charge in [0.1, 0.15) is 29.0 Å². The van der Waals surface area contributed by atoms with Crippen LogP contribution in [0.4, 0.5) is 0 Å². The van der Waals surface area contributed by atoms with Crippen LogP contribution in [0.5, 0.6) is 11.5 Å². The van der Waals surface area contributed by atoms with E-state index in [1.165, 1.54) is 19.2 Å². The number of hydrogen-bond acceptors (Lipinski definition) is 10. The summed E-state index contributed by atoms with van der Waals surface area (Å²) in [6, 6.07) is 8.31. The Kier molecular flexibility index (Phi) is 11.2. The lowest BCUT2D eigenvalue weighted by Gasteiger charge is -2.22. The number of ether oxygens (including phenoxy) is 2. The molecule has 3 rings (SSSR count). The first-order chi connectivity index (χ1) is 17.9. The van der Waals surface area contributed by atoms with Gasteiger partial charge < -0.3 is 30.0 Å². The van der Waals surface area contributed by atoms with Crippen molar-refractivity contribution in [3.8, 4) is 11.5 Å². The summed E-state index contributed by atoms with van der Waals surface area (Å²) in [6.45, 7) is 2.37. The molecule has 0 saturated carbocycles. The van der Waals surface area contributed by atoms with E-state index in [9.17, 15) is 21.6 Å². The van der Waals surface area contributed by atoms with Crippen LogP contribution in [0.25, 0.3) is 0 Å². The fourth-order valence-corrected chi connectivity index (χ4v) is 6.33. The Balaban J connectivity index is 0.00000533. The summed E-state index contributed by atoms with van der Waals surface area (Å²) in [4.78, 5) is 16.5. The number of aryl methyl sites for hydroxylation is 1. The average Bonchev–Trinajstić information content (AvgIpc) is 3.36. The number of oxime groups is 1. The summed E-state index contributed by atoms with van der Waals surface area (Å²) in [7, 11) is -7.14. The van der Waals surface area contributed by atoms with E-state index in [-0.39, 0.29) is 53.7 Å². The van der Waals surface area contributed by atoms with Gasteiger partial charge in [0, 0.05) is 19.0 Å². The number of nitrogens with zero attached hydrogens (tertiary/aromatic N) is 2. The Morgan fingerprint density at radius 2 is 1.67 bits per heavy atom. The molecule has 1 fully saturated rings. The van der Waals surface area contributed by atoms with Crippen LogP contribution in [0, 0.1) is 6.92 Å². The smallest absolute Gasteiger partial charge is 0.339 e. The van der Waals surface area contributed by atoms with Crippen LogP contribution in [0.1, 0.15) is 24.8 Å². The molecule has 0 aromatic heterocycles. The molecule has 1 aliphatic heterocycles. The maximum Gasteiger partial charge on any atom is 0.339 e. The first-order valence-electron chi connectivity index (χ1n) is 11.5. The summed E-state index contributed by atoms with van der Waals surface area (Å²) >= 11 is 0. The lowest BCUT2D eigenvalue weighted by atomic mass is 10.2. The third-order valence-electron chi connectivity index (χ3n) is 5.44. The zero-order valence-electron chi connectivity index (χ0n) is 21.3. The maximum atomic E-state index is 13.1. The van der Waals surface area contributed by atoms with E-state index < -0.39 is 32.2 Å². The Morgan fingerprint density at radius 3 is 2.31 bits per heavy atom. The number of carbonyl (C=O) groups is 1. The third-order valence-corrected chi connectivity index (χ3v) is 8.63. The molecular formula is C23H31ClN4O9S2. The van der Waals surface area contributed by atoms with Crippen molar-refractivity contribution in [2.24, 2.45) is 16.6 Å². The second-order valence-corrected chi connectivity index (χ2v) is 11.8. The lowest BCUT2D eigenvalue weighted by molar-refractivity contribution is -0.144. The highest BCUT2D eigenvalue weighted by molar-refractivity contribution is 7.89. The van der Waals surface area contributed by atoms with E-state index in [2.05, 4.69) is 5.16 Å². The molecule has 0 aliphatic carbocycles. The topological polar surface area (TPSA) is 190 Å². The van der Waals surface area contributed by atoms with Gasteiger partial charge in [0.05, 0.1) is 18.6 Å². The Hall–Kier alpha value is -3.27. The van der Waals surface area contributed by atoms with Crippen molar-refractivity contribution < 1.29 is 40.1 Å². The SMILES string of the molecule is COC(=O)C1CCCN1S(=O)(=O)c1ccc(S(=O)(=O)Oc2cc(C)cc(OCCCON=C(N)N)c2)cc1.Cl. The Morgan fingerprint density at radius 1 is 1.03 bits per heavy atom. The molecule has 2 aromatic carbocycles. The molecule has 0 radical (unpaired) electrons. The number of sulfonamides is 1. The van der Waals surface area contributed by atoms with Gasteiger partial charge in [-0.3, -0.25) is 4.79 Å². The summed E-state index contributed by atoms with van der Waals surface area (Å²) in [5.41, 5.74) is 11.0. The predicted molar refractivity (Wildman–Crippen MR) is 143 cm³/mol. The highest BCUT2D eigenvalue weighted by Crippen LogP contribution is 2.29. The lowest BCUT2D eigenvalue weighted by Crippen LogP contribution is -2.41. The molecule has 1 atom stereocenters. The number of guanidine groups is 1. The molecule has 0 amide bonds. The minimum Gasteiger partial charge on any atom is -0.493 e. The van der Waals surface area contributed by atoms with E-state index in [0.717, 1.165) is 28.6 Å². The zero-order chi connectivity index (χ0) is 27.9. The van der Waals surface area contributed by atoms with Crippen LogP contribution < -0.4 is 20.4 Å². The number of benzene rings is 2. The van der Waals surface area contributed by atoms with Crippen LogP contribution in [0.3, 0.4) is 0 Å². The molecule has 16 heteroatoms. The number of hydrogen-bond donors (Lipinski definition) is 2. The molecule has 1 saturated heterocycles. The van der Waals surface area contributed by atoms with Gasteiger partial charge in [0.2, 0.25) is 16.0 Å². The van der Waals surface area contributed by atoms with Crippen molar-refractivity contribution in [3.63, 3.8) is 0 Å². The number of halogens is 1. The van der Waals surface area contributed by atoms with Crippen LogP contribution in [-0.2, 0) is 34.5 Å². The van der Waals surface area contributed by atoms with Crippen molar-refractivity contribution in [1.29, 1.82) is 0 Å². The van der Waals surface area contributed by atoms with Gasteiger partial charge in [-0.05, 0) is 66.9 Å². The average molecular weight is 607 g/mol. The van der Waals surface area contributed by atoms with Gasteiger partial charge in [0.15, 0.2) is 0 Å². The van der Waals surface area contributed by atoms with Crippen molar-refractivity contribution in [1.82, 2.24) is 4.31 Å². The van der Waals surface area contributed by atoms with Crippen LogP contribution in [0.2, 0.25) is 0 Å². The number of carbonyl (C=O) groups excluding carboxylic acids is 1. The van der Waals surface area contributed by atoms with Gasteiger partial charge in [-0.2, -0.15) is 12.7 Å². The Bertz CT molecular complexity index is 1380. The first kappa shape index (κ1) is 31.9. The summed E-state index contributed by atoms with van der Waals surface area (Å²) in [6.07, 6.45) is 1.32. The van der Waals surface area contributed by atoms with E-state index in [1.807, 2.05) is 0 Å². The molecule has 13 nitrogen and oxygen atoms in total. The number of rotatable bonds is 12. The summed E-state index contributed by atoms with van der Waals surface area (Å²) in [5, 5.41) is 3.39. The molecule has 0 bridgehead atoms. The van der Waals surface area contributed by atoms with E-state index >= 15 is 0 Å². The Labute approximate surface area is 233 Å². The fraction of sp³-hybridized carbons (Fsp3) is 0.391. The quantitative estimate of drug-likeness (QED) is 0.0888. The highest BCUT2D eigenvalue weighted by atomic mass is 35.5. The first-order valence-corrected chi connectivity index (χ1v) is 14.4. The fourth-order valence-electron chi connectivity index (χ4n) is 3.77. The monoisotopic (exact) mass is 606 g/mol. The largest absolute Gasteiger partial charge is 0.493 e. The number of methoxy groups -OCH3 is 1. The standard InChI is InChI=1S/C23H30N4O9S2.ClH/c1-16-13-17(34-11-4-12-35-26-23(24)25)15-18(14-16)36-38(31,32)20-8-6-19(7-9-20)37(29,30)27-10-3-5-21(27)22(28)33-2;/h6-9,13-15,21H,3-5,10-12H2,1-2H3,(H4,24,25,26);1H. The van der Waals surface area contributed by atoms with Gasteiger partial charge in [-0.1, -0.05) is 0 Å². The summed E-state index contributed by atoms with van der Waals surface area (Å²) < 4.78 is 68.5. The molecule has 1 aliphatic rings. The van der Waals surface area contributed by atoms with Crippen molar-refractivity contribution >= 4 is 44.5 Å². The van der Waals surface area contributed by atoms with Crippen LogP contribution in [-0.4, -0.2) is 66.0 Å². The molecule has 1 heterocycles. The third kappa shape index (κ3) is 8.36. The number of esters is 1. The van der Waals surface area contributed by atoms with E-state index in [0.29, 0.717) is 30.6 Å². The van der Waals surface area contributed by atoms with Gasteiger partial charge in [-0.25, -0.2) is 8.42 Å². The molecule has 2 aromatic rings. The van der Waals surface area contributed by atoms with Gasteiger partial charge in [-0.15, -0.1) is 12.4 Å².